The lowest BCUT2D eigenvalue weighted by molar-refractivity contribution is -0.135. The molecule has 2 aromatic heterocycles. The number of H-pyrrole nitrogens is 1. The van der Waals surface area contributed by atoms with Gasteiger partial charge in [0.05, 0.1) is 35.9 Å². The highest BCUT2D eigenvalue weighted by Gasteiger charge is 2.30. The summed E-state index contributed by atoms with van der Waals surface area (Å²) in [6.07, 6.45) is 5.08. The number of nitrogens with zero attached hydrogens (tertiary/aromatic N) is 2. The molecule has 6 N–H and O–H groups in total. The van der Waals surface area contributed by atoms with Gasteiger partial charge in [0, 0.05) is 43.9 Å². The number of rotatable bonds is 5. The number of aromatic amines is 1. The molecule has 0 aliphatic carbocycles. The van der Waals surface area contributed by atoms with Gasteiger partial charge in [-0.25, -0.2) is 4.39 Å². The number of halogens is 1. The summed E-state index contributed by atoms with van der Waals surface area (Å²) in [5.41, 5.74) is 8.06. The van der Waals surface area contributed by atoms with Crippen LogP contribution in [0.3, 0.4) is 0 Å². The van der Waals surface area contributed by atoms with E-state index in [1.54, 1.807) is 24.4 Å². The third kappa shape index (κ3) is 5.24. The molecule has 3 amide bonds. The van der Waals surface area contributed by atoms with Crippen molar-refractivity contribution in [3.63, 3.8) is 0 Å². The molecule has 5 rings (SSSR count). The number of carbonyl (C=O) groups excluding carboxylic acids is 3. The van der Waals surface area contributed by atoms with Crippen LogP contribution in [-0.4, -0.2) is 63.9 Å². The van der Waals surface area contributed by atoms with Crippen LogP contribution in [0.5, 0.6) is 11.5 Å². The topological polar surface area (TPSA) is 163 Å². The fourth-order valence-electron chi connectivity index (χ4n) is 4.69. The second-order valence-electron chi connectivity index (χ2n) is 8.85. The lowest BCUT2D eigenvalue weighted by Crippen LogP contribution is -2.42. The smallest absolute Gasteiger partial charge is 0.255 e. The summed E-state index contributed by atoms with van der Waals surface area (Å²) in [6, 6.07) is 5.77. The molecule has 2 aliphatic heterocycles. The number of para-hydroxylation sites is 1. The highest BCUT2D eigenvalue weighted by atomic mass is 19.1. The Morgan fingerprint density at radius 1 is 1.32 bits per heavy atom. The molecule has 3 aromatic rings. The van der Waals surface area contributed by atoms with Crippen LogP contribution in [0.2, 0.25) is 0 Å². The fourth-order valence-corrected chi connectivity index (χ4v) is 4.69. The van der Waals surface area contributed by atoms with Crippen molar-refractivity contribution < 1.29 is 28.6 Å². The van der Waals surface area contributed by atoms with Crippen LogP contribution in [0.1, 0.15) is 35.8 Å². The highest BCUT2D eigenvalue weighted by molar-refractivity contribution is 6.06. The minimum atomic E-state index is -0.523. The average Bonchev–Trinajstić information content (AvgIpc) is 3.52. The van der Waals surface area contributed by atoms with Gasteiger partial charge in [0.1, 0.15) is 11.8 Å². The summed E-state index contributed by atoms with van der Waals surface area (Å²) in [5, 5.41) is 16.1. The quantitative estimate of drug-likeness (QED) is 0.342. The Kier molecular flexibility index (Phi) is 7.79. The Bertz CT molecular complexity index is 1350. The maximum absolute atomic E-state index is 14.1. The molecule has 0 saturated carbocycles. The average molecular weight is 525 g/mol. The van der Waals surface area contributed by atoms with E-state index in [1.807, 2.05) is 0 Å². The summed E-state index contributed by atoms with van der Waals surface area (Å²) in [5.74, 6) is -1.22. The van der Waals surface area contributed by atoms with Crippen LogP contribution in [0.25, 0.3) is 11.3 Å². The Morgan fingerprint density at radius 3 is 2.76 bits per heavy atom. The van der Waals surface area contributed by atoms with Crippen molar-refractivity contribution in [1.29, 1.82) is 0 Å². The summed E-state index contributed by atoms with van der Waals surface area (Å²) in [6.45, 7) is 2.64. The SMILES string of the molecule is CC(=O)N1CCC[C@H]1C(N)=O.COc1c(F)cccc1Nc1c(-c2ccncc2O)[nH]c2c1C(=O)NCC2. The summed E-state index contributed by atoms with van der Waals surface area (Å²) in [4.78, 5) is 42.8. The minimum Gasteiger partial charge on any atom is -0.506 e. The Labute approximate surface area is 218 Å². The van der Waals surface area contributed by atoms with Gasteiger partial charge in [-0.15, -0.1) is 0 Å². The Morgan fingerprint density at radius 2 is 2.11 bits per heavy atom. The van der Waals surface area contributed by atoms with Crippen molar-refractivity contribution in [3.05, 3.63) is 53.7 Å². The predicted octanol–water partition coefficient (Wildman–Crippen LogP) is 2.44. The summed E-state index contributed by atoms with van der Waals surface area (Å²) in [7, 11) is 1.37. The van der Waals surface area contributed by atoms with Crippen LogP contribution in [0, 0.1) is 5.82 Å². The third-order valence-corrected chi connectivity index (χ3v) is 6.45. The number of aromatic hydroxyl groups is 1. The van der Waals surface area contributed by atoms with Gasteiger partial charge in [-0.05, 0) is 31.0 Å². The van der Waals surface area contributed by atoms with E-state index >= 15 is 0 Å². The molecule has 200 valence electrons. The van der Waals surface area contributed by atoms with Crippen molar-refractivity contribution in [2.45, 2.75) is 32.2 Å². The van der Waals surface area contributed by atoms with Gasteiger partial charge in [0.25, 0.3) is 5.91 Å². The lowest BCUT2D eigenvalue weighted by atomic mass is 10.0. The second kappa shape index (κ2) is 11.2. The Balaban J connectivity index is 0.000000257. The minimum absolute atomic E-state index is 0.0357. The first-order valence-electron chi connectivity index (χ1n) is 12.0. The predicted molar refractivity (Wildman–Crippen MR) is 138 cm³/mol. The number of methoxy groups -OCH3 is 1. The number of anilines is 2. The number of primary amides is 1. The van der Waals surface area contributed by atoms with Crippen LogP contribution >= 0.6 is 0 Å². The molecule has 2 aliphatic rings. The number of nitrogens with one attached hydrogen (secondary N) is 3. The zero-order valence-corrected chi connectivity index (χ0v) is 21.0. The van der Waals surface area contributed by atoms with E-state index in [0.29, 0.717) is 47.7 Å². The van der Waals surface area contributed by atoms with E-state index in [9.17, 15) is 23.9 Å². The number of likely N-dealkylation sites (tertiary alicyclic amines) is 1. The van der Waals surface area contributed by atoms with Gasteiger partial charge < -0.3 is 36.1 Å². The first-order chi connectivity index (χ1) is 18.2. The van der Waals surface area contributed by atoms with Gasteiger partial charge in [-0.3, -0.25) is 19.4 Å². The number of ether oxygens (including phenoxy) is 1. The molecule has 12 heteroatoms. The van der Waals surface area contributed by atoms with E-state index in [0.717, 1.165) is 18.5 Å². The van der Waals surface area contributed by atoms with E-state index in [4.69, 9.17) is 10.5 Å². The molecule has 38 heavy (non-hydrogen) atoms. The molecule has 11 nitrogen and oxygen atoms in total. The van der Waals surface area contributed by atoms with Gasteiger partial charge in [0.2, 0.25) is 11.8 Å². The van der Waals surface area contributed by atoms with Gasteiger partial charge in [0.15, 0.2) is 11.6 Å². The molecule has 0 radical (unpaired) electrons. The molecule has 0 spiro atoms. The maximum Gasteiger partial charge on any atom is 0.255 e. The molecule has 4 heterocycles. The lowest BCUT2D eigenvalue weighted by Gasteiger charge is -2.19. The molecule has 0 bridgehead atoms. The molecule has 0 unspecified atom stereocenters. The number of carbonyl (C=O) groups is 3. The largest absolute Gasteiger partial charge is 0.506 e. The fraction of sp³-hybridized carbons (Fsp3) is 0.308. The summed E-state index contributed by atoms with van der Waals surface area (Å²) < 4.78 is 19.2. The zero-order valence-electron chi connectivity index (χ0n) is 21.0. The highest BCUT2D eigenvalue weighted by Crippen LogP contribution is 2.41. The third-order valence-electron chi connectivity index (χ3n) is 6.45. The molecular formula is C26H29FN6O5. The summed E-state index contributed by atoms with van der Waals surface area (Å²) >= 11 is 0. The van der Waals surface area contributed by atoms with E-state index in [1.165, 1.54) is 31.2 Å². The van der Waals surface area contributed by atoms with E-state index in [2.05, 4.69) is 20.6 Å². The van der Waals surface area contributed by atoms with Crippen LogP contribution in [0.4, 0.5) is 15.8 Å². The molecule has 1 atom stereocenters. The van der Waals surface area contributed by atoms with E-state index in [-0.39, 0.29) is 29.4 Å². The number of benzene rings is 1. The van der Waals surface area contributed by atoms with Crippen LogP contribution in [-0.2, 0) is 16.0 Å². The standard InChI is InChI=1S/C19H17FN4O3.C7H12N2O2/c1-27-18-11(20)3-2-4-13(18)24-17-15-12(6-8-22-19(15)26)23-16(17)10-5-7-21-9-14(10)25;1-5(10)9-4-2-3-6(9)7(8)11/h2-5,7,9,23-25H,6,8H2,1H3,(H,22,26);6H,2-4H2,1H3,(H2,8,11)/t;6-/m.0/s1. The van der Waals surface area contributed by atoms with Gasteiger partial charge in [-0.1, -0.05) is 6.07 Å². The van der Waals surface area contributed by atoms with Crippen molar-refractivity contribution in [2.24, 2.45) is 5.73 Å². The number of pyridine rings is 1. The number of amides is 3. The van der Waals surface area contributed by atoms with Crippen molar-refractivity contribution in [1.82, 2.24) is 20.2 Å². The Hall–Kier alpha value is -4.61. The first kappa shape index (κ1) is 26.5. The van der Waals surface area contributed by atoms with Crippen molar-refractivity contribution >= 4 is 29.1 Å². The number of aromatic nitrogens is 2. The maximum atomic E-state index is 14.1. The number of nitrogens with two attached hydrogens (primary N) is 1. The van der Waals surface area contributed by atoms with Crippen molar-refractivity contribution in [2.75, 3.05) is 25.5 Å². The molecule has 1 fully saturated rings. The van der Waals surface area contributed by atoms with Crippen LogP contribution < -0.4 is 21.1 Å². The van der Waals surface area contributed by atoms with Gasteiger partial charge >= 0.3 is 0 Å². The molecular weight excluding hydrogens is 495 g/mol. The number of hydrogen-bond acceptors (Lipinski definition) is 7. The van der Waals surface area contributed by atoms with Gasteiger partial charge in [-0.2, -0.15) is 0 Å². The normalized spacial score (nSPS) is 16.1. The van der Waals surface area contributed by atoms with Crippen molar-refractivity contribution in [3.8, 4) is 22.8 Å². The van der Waals surface area contributed by atoms with Crippen LogP contribution in [0.15, 0.2) is 36.7 Å². The number of fused-ring (bicyclic) bond motifs is 1. The molecule has 1 aromatic carbocycles. The monoisotopic (exact) mass is 524 g/mol. The first-order valence-corrected chi connectivity index (χ1v) is 12.0. The molecule has 1 saturated heterocycles. The number of hydrogen-bond donors (Lipinski definition) is 5. The second-order valence-corrected chi connectivity index (χ2v) is 8.85. The zero-order chi connectivity index (χ0) is 27.4. The van der Waals surface area contributed by atoms with E-state index < -0.39 is 11.7 Å².